The Balaban J connectivity index is 1.48. The van der Waals surface area contributed by atoms with Gasteiger partial charge in [0.05, 0.1) is 12.0 Å². The third-order valence-electron chi connectivity index (χ3n) is 6.13. The maximum absolute atomic E-state index is 13.7. The third-order valence-corrected chi connectivity index (χ3v) is 6.13. The Hall–Kier alpha value is -3.40. The summed E-state index contributed by atoms with van der Waals surface area (Å²) in [6.07, 6.45) is 0.659. The lowest BCUT2D eigenvalue weighted by atomic mass is 9.81. The van der Waals surface area contributed by atoms with Crippen LogP contribution < -0.4 is 4.90 Å². The molecule has 1 unspecified atom stereocenters. The molecule has 1 fully saturated rings. The number of nitrogens with zero attached hydrogens (tertiary/aromatic N) is 2. The van der Waals surface area contributed by atoms with Crippen LogP contribution in [0.2, 0.25) is 0 Å². The summed E-state index contributed by atoms with van der Waals surface area (Å²) in [4.78, 5) is 30.4. The minimum Gasteiger partial charge on any atom is -0.337 e. The second-order valence-corrected chi connectivity index (χ2v) is 7.82. The highest BCUT2D eigenvalue weighted by molar-refractivity contribution is 6.09. The molecule has 1 saturated heterocycles. The molecule has 0 aromatic heterocycles. The van der Waals surface area contributed by atoms with Gasteiger partial charge in [0.25, 0.3) is 5.91 Å². The zero-order valence-electron chi connectivity index (χ0n) is 16.1. The van der Waals surface area contributed by atoms with Crippen molar-refractivity contribution in [2.45, 2.75) is 18.4 Å². The number of hydrogen-bond acceptors (Lipinski definition) is 2. The van der Waals surface area contributed by atoms with E-state index in [1.165, 1.54) is 0 Å². The molecule has 0 saturated carbocycles. The van der Waals surface area contributed by atoms with Gasteiger partial charge in [0.1, 0.15) is 0 Å². The summed E-state index contributed by atoms with van der Waals surface area (Å²) in [6, 6.07) is 27.4. The average molecular weight is 382 g/mol. The molecule has 0 radical (unpaired) electrons. The quantitative estimate of drug-likeness (QED) is 0.687. The van der Waals surface area contributed by atoms with E-state index in [2.05, 4.69) is 6.07 Å². The van der Waals surface area contributed by atoms with Crippen LogP contribution in [-0.2, 0) is 16.8 Å². The number of likely N-dealkylation sites (tertiary alicyclic amines) is 1. The monoisotopic (exact) mass is 382 g/mol. The molecule has 3 aromatic rings. The van der Waals surface area contributed by atoms with Gasteiger partial charge in [0.2, 0.25) is 5.91 Å². The molecule has 2 aliphatic rings. The van der Waals surface area contributed by atoms with Crippen molar-refractivity contribution in [3.05, 3.63) is 102 Å². The van der Waals surface area contributed by atoms with E-state index in [-0.39, 0.29) is 11.8 Å². The maximum atomic E-state index is 13.7. The Bertz CT molecular complexity index is 1060. The predicted molar refractivity (Wildman–Crippen MR) is 113 cm³/mol. The van der Waals surface area contributed by atoms with E-state index in [1.807, 2.05) is 88.7 Å². The van der Waals surface area contributed by atoms with Crippen LogP contribution >= 0.6 is 0 Å². The number of para-hydroxylation sites is 1. The summed E-state index contributed by atoms with van der Waals surface area (Å²) < 4.78 is 0. The van der Waals surface area contributed by atoms with Crippen LogP contribution in [-0.4, -0.2) is 29.8 Å². The molecule has 5 rings (SSSR count). The van der Waals surface area contributed by atoms with Crippen LogP contribution in [0.1, 0.15) is 27.9 Å². The second kappa shape index (κ2) is 6.89. The predicted octanol–water partition coefficient (Wildman–Crippen LogP) is 4.02. The van der Waals surface area contributed by atoms with Gasteiger partial charge in [-0.05, 0) is 35.7 Å². The first-order valence-corrected chi connectivity index (χ1v) is 9.99. The van der Waals surface area contributed by atoms with Crippen LogP contribution in [0.15, 0.2) is 84.9 Å². The molecule has 3 aromatic carbocycles. The highest BCUT2D eigenvalue weighted by Gasteiger charge is 2.55. The first kappa shape index (κ1) is 17.7. The molecule has 2 amide bonds. The molecule has 0 N–H and O–H groups in total. The summed E-state index contributed by atoms with van der Waals surface area (Å²) in [5, 5.41) is 0. The summed E-state index contributed by atoms with van der Waals surface area (Å²) in [7, 11) is 0. The third kappa shape index (κ3) is 2.83. The smallest absolute Gasteiger partial charge is 0.253 e. The minimum absolute atomic E-state index is 0.00531. The number of benzene rings is 3. The van der Waals surface area contributed by atoms with Gasteiger partial charge in [-0.25, -0.2) is 0 Å². The first-order chi connectivity index (χ1) is 14.2. The van der Waals surface area contributed by atoms with Crippen molar-refractivity contribution in [3.63, 3.8) is 0 Å². The molecule has 29 heavy (non-hydrogen) atoms. The molecular formula is C25H22N2O2. The van der Waals surface area contributed by atoms with E-state index in [0.29, 0.717) is 31.6 Å². The second-order valence-electron chi connectivity index (χ2n) is 7.82. The molecule has 0 bridgehead atoms. The van der Waals surface area contributed by atoms with E-state index in [9.17, 15) is 9.59 Å². The van der Waals surface area contributed by atoms with Crippen molar-refractivity contribution in [3.8, 4) is 0 Å². The van der Waals surface area contributed by atoms with E-state index in [0.717, 1.165) is 16.8 Å². The summed E-state index contributed by atoms with van der Waals surface area (Å²) in [5.74, 6) is 0.0974. The van der Waals surface area contributed by atoms with Gasteiger partial charge >= 0.3 is 0 Å². The topological polar surface area (TPSA) is 40.6 Å². The molecule has 0 aliphatic carbocycles. The van der Waals surface area contributed by atoms with Crippen molar-refractivity contribution in [2.75, 3.05) is 18.0 Å². The summed E-state index contributed by atoms with van der Waals surface area (Å²) >= 11 is 0. The number of rotatable bonds is 3. The maximum Gasteiger partial charge on any atom is 0.253 e. The number of anilines is 1. The van der Waals surface area contributed by atoms with Crippen molar-refractivity contribution < 1.29 is 9.59 Å². The van der Waals surface area contributed by atoms with Gasteiger partial charge in [-0.3, -0.25) is 9.59 Å². The van der Waals surface area contributed by atoms with Crippen molar-refractivity contribution in [2.24, 2.45) is 0 Å². The van der Waals surface area contributed by atoms with Crippen LogP contribution in [0.4, 0.5) is 5.69 Å². The number of carbonyl (C=O) groups excluding carboxylic acids is 2. The van der Waals surface area contributed by atoms with Crippen LogP contribution in [0.5, 0.6) is 0 Å². The fraction of sp³-hybridized carbons (Fsp3) is 0.200. The lowest BCUT2D eigenvalue weighted by Crippen LogP contribution is -2.43. The van der Waals surface area contributed by atoms with E-state index >= 15 is 0 Å². The fourth-order valence-corrected chi connectivity index (χ4v) is 4.66. The van der Waals surface area contributed by atoms with E-state index in [4.69, 9.17) is 0 Å². The molecule has 2 aliphatic heterocycles. The Morgan fingerprint density at radius 2 is 1.52 bits per heavy atom. The summed E-state index contributed by atoms with van der Waals surface area (Å²) in [6.45, 7) is 1.57. The number of fused-ring (bicyclic) bond motifs is 2. The SMILES string of the molecule is O=C(c1ccccc1)N1CCC2(C1)C(=O)N(Cc1ccccc1)c1ccccc12. The van der Waals surface area contributed by atoms with Gasteiger partial charge < -0.3 is 9.80 Å². The zero-order chi connectivity index (χ0) is 19.8. The normalized spacial score (nSPS) is 20.3. The van der Waals surface area contributed by atoms with Crippen molar-refractivity contribution in [1.82, 2.24) is 4.90 Å². The number of amides is 2. The Kier molecular flexibility index (Phi) is 4.20. The Labute approximate surface area is 170 Å². The highest BCUT2D eigenvalue weighted by Crippen LogP contribution is 2.47. The summed E-state index contributed by atoms with van der Waals surface area (Å²) in [5.41, 5.74) is 3.14. The number of hydrogen-bond donors (Lipinski definition) is 0. The van der Waals surface area contributed by atoms with Gasteiger partial charge in [0.15, 0.2) is 0 Å². The molecule has 4 nitrogen and oxygen atoms in total. The standard InChI is InChI=1S/C25H22N2O2/c28-23(20-11-5-2-6-12-20)26-16-15-25(18-26)21-13-7-8-14-22(21)27(24(25)29)17-19-9-3-1-4-10-19/h1-14H,15-18H2. The highest BCUT2D eigenvalue weighted by atomic mass is 16.2. The zero-order valence-corrected chi connectivity index (χ0v) is 16.1. The molecule has 1 atom stereocenters. The van der Waals surface area contributed by atoms with E-state index < -0.39 is 5.41 Å². The molecular weight excluding hydrogens is 360 g/mol. The Morgan fingerprint density at radius 1 is 0.862 bits per heavy atom. The fourth-order valence-electron chi connectivity index (χ4n) is 4.66. The first-order valence-electron chi connectivity index (χ1n) is 9.99. The van der Waals surface area contributed by atoms with Crippen molar-refractivity contribution >= 4 is 17.5 Å². The largest absolute Gasteiger partial charge is 0.337 e. The van der Waals surface area contributed by atoms with Crippen LogP contribution in [0, 0.1) is 0 Å². The molecule has 1 spiro atoms. The van der Waals surface area contributed by atoms with E-state index in [1.54, 1.807) is 0 Å². The van der Waals surface area contributed by atoms with Crippen LogP contribution in [0.25, 0.3) is 0 Å². The Morgan fingerprint density at radius 3 is 2.28 bits per heavy atom. The lowest BCUT2D eigenvalue weighted by Gasteiger charge is -2.24. The van der Waals surface area contributed by atoms with Gasteiger partial charge in [-0.15, -0.1) is 0 Å². The minimum atomic E-state index is -0.643. The van der Waals surface area contributed by atoms with Gasteiger partial charge in [-0.1, -0.05) is 66.7 Å². The molecule has 4 heteroatoms. The molecule has 2 heterocycles. The lowest BCUT2D eigenvalue weighted by molar-refractivity contribution is -0.122. The number of carbonyl (C=O) groups is 2. The van der Waals surface area contributed by atoms with Gasteiger partial charge in [-0.2, -0.15) is 0 Å². The van der Waals surface area contributed by atoms with Gasteiger partial charge in [0, 0.05) is 24.3 Å². The average Bonchev–Trinajstić information content (AvgIpc) is 3.32. The van der Waals surface area contributed by atoms with Crippen molar-refractivity contribution in [1.29, 1.82) is 0 Å². The van der Waals surface area contributed by atoms with Crippen LogP contribution in [0.3, 0.4) is 0 Å². The molecule has 144 valence electrons.